The molecule has 2 aromatic heterocycles. The lowest BCUT2D eigenvalue weighted by Crippen LogP contribution is -2.32. The van der Waals surface area contributed by atoms with Gasteiger partial charge in [0, 0.05) is 31.2 Å². The molecule has 1 aliphatic carbocycles. The number of pyridine rings is 1. The minimum absolute atomic E-state index is 0.0375. The Balaban J connectivity index is 1.64. The van der Waals surface area contributed by atoms with Gasteiger partial charge in [0.25, 0.3) is 5.91 Å². The van der Waals surface area contributed by atoms with Crippen LogP contribution in [0.5, 0.6) is 0 Å². The summed E-state index contributed by atoms with van der Waals surface area (Å²) >= 11 is 0. The summed E-state index contributed by atoms with van der Waals surface area (Å²) in [4.78, 5) is 19.3. The second-order valence-corrected chi connectivity index (χ2v) is 6.59. The van der Waals surface area contributed by atoms with Gasteiger partial charge in [-0.1, -0.05) is 12.1 Å². The van der Waals surface area contributed by atoms with Crippen LogP contribution in [0.15, 0.2) is 36.5 Å². The van der Waals surface area contributed by atoms with E-state index in [0.29, 0.717) is 12.1 Å². The molecule has 1 saturated carbocycles. The first-order valence-corrected chi connectivity index (χ1v) is 8.37. The molecular weight excluding hydrogens is 319 g/mol. The van der Waals surface area contributed by atoms with Gasteiger partial charge in [-0.15, -0.1) is 0 Å². The van der Waals surface area contributed by atoms with Gasteiger partial charge in [0.05, 0.1) is 11.3 Å². The van der Waals surface area contributed by atoms with Crippen molar-refractivity contribution in [1.29, 1.82) is 0 Å². The highest BCUT2D eigenvalue weighted by Gasteiger charge is 2.33. The predicted octanol–water partition coefficient (Wildman–Crippen LogP) is 3.22. The van der Waals surface area contributed by atoms with Crippen molar-refractivity contribution in [2.45, 2.75) is 32.4 Å². The largest absolute Gasteiger partial charge is 0.331 e. The molecule has 6 heteroatoms. The van der Waals surface area contributed by atoms with E-state index in [2.05, 4.69) is 10.1 Å². The topological polar surface area (TPSA) is 51.0 Å². The van der Waals surface area contributed by atoms with E-state index in [1.165, 1.54) is 12.1 Å². The molecule has 1 amide bonds. The van der Waals surface area contributed by atoms with Crippen LogP contribution in [0.4, 0.5) is 4.39 Å². The third-order valence-electron chi connectivity index (χ3n) is 4.62. The zero-order valence-electron chi connectivity index (χ0n) is 14.2. The minimum atomic E-state index is -0.269. The fourth-order valence-electron chi connectivity index (χ4n) is 3.13. The summed E-state index contributed by atoms with van der Waals surface area (Å²) in [6, 6.07) is 8.43. The summed E-state index contributed by atoms with van der Waals surface area (Å²) in [5.74, 6) is -0.306. The van der Waals surface area contributed by atoms with Gasteiger partial charge < -0.3 is 4.90 Å². The maximum absolute atomic E-state index is 13.1. The van der Waals surface area contributed by atoms with Crippen molar-refractivity contribution in [3.05, 3.63) is 59.2 Å². The molecule has 1 fully saturated rings. The normalized spacial score (nSPS) is 14.0. The molecule has 25 heavy (non-hydrogen) atoms. The van der Waals surface area contributed by atoms with Crippen LogP contribution in [0.2, 0.25) is 0 Å². The van der Waals surface area contributed by atoms with Crippen LogP contribution in [0.25, 0.3) is 11.0 Å². The first-order valence-electron chi connectivity index (χ1n) is 8.37. The number of rotatable bonds is 4. The first kappa shape index (κ1) is 15.7. The second-order valence-electron chi connectivity index (χ2n) is 6.59. The standard InChI is InChI=1S/C19H19FN4O/c1-12-17-9-14(10-21-18(17)23(2)22-12)19(25)24(16-7-8-16)11-13-3-5-15(20)6-4-13/h3-6,9-10,16H,7-8,11H2,1-2H3. The monoisotopic (exact) mass is 338 g/mol. The first-order chi connectivity index (χ1) is 12.0. The molecule has 0 spiro atoms. The maximum atomic E-state index is 13.1. The Hall–Kier alpha value is -2.76. The number of amides is 1. The lowest BCUT2D eigenvalue weighted by molar-refractivity contribution is 0.0729. The van der Waals surface area contributed by atoms with Crippen LogP contribution in [0.1, 0.15) is 34.5 Å². The van der Waals surface area contributed by atoms with Gasteiger partial charge in [-0.3, -0.25) is 9.48 Å². The molecule has 0 N–H and O–H groups in total. The smallest absolute Gasteiger partial charge is 0.255 e. The zero-order chi connectivity index (χ0) is 17.6. The van der Waals surface area contributed by atoms with E-state index in [9.17, 15) is 9.18 Å². The van der Waals surface area contributed by atoms with Gasteiger partial charge in [-0.25, -0.2) is 9.37 Å². The zero-order valence-corrected chi connectivity index (χ0v) is 14.2. The Morgan fingerprint density at radius 1 is 1.32 bits per heavy atom. The lowest BCUT2D eigenvalue weighted by Gasteiger charge is -2.22. The van der Waals surface area contributed by atoms with Crippen molar-refractivity contribution in [3.8, 4) is 0 Å². The minimum Gasteiger partial charge on any atom is -0.331 e. The number of carbonyl (C=O) groups is 1. The number of fused-ring (bicyclic) bond motifs is 1. The van der Waals surface area contributed by atoms with Crippen molar-refractivity contribution in [3.63, 3.8) is 0 Å². The van der Waals surface area contributed by atoms with Gasteiger partial charge in [-0.05, 0) is 43.5 Å². The SMILES string of the molecule is Cc1nn(C)c2ncc(C(=O)N(Cc3ccc(F)cc3)C3CC3)cc12. The second kappa shape index (κ2) is 5.95. The number of hydrogen-bond donors (Lipinski definition) is 0. The molecule has 0 radical (unpaired) electrons. The molecule has 0 unspecified atom stereocenters. The molecular formula is C19H19FN4O. The fourth-order valence-corrected chi connectivity index (χ4v) is 3.13. The van der Waals surface area contributed by atoms with Crippen molar-refractivity contribution in [2.24, 2.45) is 7.05 Å². The van der Waals surface area contributed by atoms with Crippen LogP contribution < -0.4 is 0 Å². The molecule has 128 valence electrons. The number of hydrogen-bond acceptors (Lipinski definition) is 3. The molecule has 4 rings (SSSR count). The third-order valence-corrected chi connectivity index (χ3v) is 4.62. The Kier molecular flexibility index (Phi) is 3.75. The molecule has 0 saturated heterocycles. The van der Waals surface area contributed by atoms with Gasteiger partial charge in [0.1, 0.15) is 5.82 Å². The highest BCUT2D eigenvalue weighted by Crippen LogP contribution is 2.30. The van der Waals surface area contributed by atoms with Crippen LogP contribution in [-0.4, -0.2) is 31.6 Å². The van der Waals surface area contributed by atoms with Crippen molar-refractivity contribution in [2.75, 3.05) is 0 Å². The summed E-state index contributed by atoms with van der Waals surface area (Å²) < 4.78 is 14.8. The Morgan fingerprint density at radius 3 is 2.72 bits per heavy atom. The summed E-state index contributed by atoms with van der Waals surface area (Å²) in [6.07, 6.45) is 3.63. The van der Waals surface area contributed by atoms with E-state index >= 15 is 0 Å². The average molecular weight is 338 g/mol. The number of nitrogens with zero attached hydrogens (tertiary/aromatic N) is 4. The van der Waals surface area contributed by atoms with Crippen LogP contribution in [0.3, 0.4) is 0 Å². The van der Waals surface area contributed by atoms with E-state index in [1.54, 1.807) is 23.0 Å². The number of aryl methyl sites for hydroxylation is 2. The molecule has 1 aromatic carbocycles. The van der Waals surface area contributed by atoms with Crippen molar-refractivity contribution >= 4 is 16.9 Å². The molecule has 5 nitrogen and oxygen atoms in total. The van der Waals surface area contributed by atoms with E-state index < -0.39 is 0 Å². The Labute approximate surface area is 145 Å². The summed E-state index contributed by atoms with van der Waals surface area (Å²) in [5.41, 5.74) is 3.12. The highest BCUT2D eigenvalue weighted by atomic mass is 19.1. The van der Waals surface area contributed by atoms with Gasteiger partial charge in [-0.2, -0.15) is 5.10 Å². The number of benzene rings is 1. The van der Waals surface area contributed by atoms with Crippen LogP contribution >= 0.6 is 0 Å². The maximum Gasteiger partial charge on any atom is 0.255 e. The third kappa shape index (κ3) is 2.99. The van der Waals surface area contributed by atoms with Crippen LogP contribution in [0, 0.1) is 12.7 Å². The lowest BCUT2D eigenvalue weighted by atomic mass is 10.1. The number of halogens is 1. The molecule has 0 atom stereocenters. The quantitative estimate of drug-likeness (QED) is 0.734. The molecule has 0 bridgehead atoms. The molecule has 1 aliphatic rings. The fraction of sp³-hybridized carbons (Fsp3) is 0.316. The summed E-state index contributed by atoms with van der Waals surface area (Å²) in [6.45, 7) is 2.39. The van der Waals surface area contributed by atoms with Crippen molar-refractivity contribution < 1.29 is 9.18 Å². The number of carbonyl (C=O) groups excluding carboxylic acids is 1. The number of aromatic nitrogens is 3. The van der Waals surface area contributed by atoms with Crippen LogP contribution in [-0.2, 0) is 13.6 Å². The molecule has 0 aliphatic heterocycles. The average Bonchev–Trinajstić information content (AvgIpc) is 3.40. The Bertz CT molecular complexity index is 944. The molecule has 2 heterocycles. The highest BCUT2D eigenvalue weighted by molar-refractivity contribution is 5.97. The van der Waals surface area contributed by atoms with Gasteiger partial charge >= 0.3 is 0 Å². The van der Waals surface area contributed by atoms with E-state index in [-0.39, 0.29) is 17.8 Å². The van der Waals surface area contributed by atoms with Crippen molar-refractivity contribution in [1.82, 2.24) is 19.7 Å². The van der Waals surface area contributed by atoms with Gasteiger partial charge in [0.2, 0.25) is 0 Å². The summed E-state index contributed by atoms with van der Waals surface area (Å²) in [7, 11) is 1.84. The predicted molar refractivity (Wildman–Crippen MR) is 92.5 cm³/mol. The van der Waals surface area contributed by atoms with E-state index in [1.807, 2.05) is 24.9 Å². The Morgan fingerprint density at radius 2 is 2.04 bits per heavy atom. The summed E-state index contributed by atoms with van der Waals surface area (Å²) in [5, 5.41) is 5.25. The molecule has 3 aromatic rings. The van der Waals surface area contributed by atoms with Gasteiger partial charge in [0.15, 0.2) is 5.65 Å². The van der Waals surface area contributed by atoms with E-state index in [0.717, 1.165) is 35.1 Å². The van der Waals surface area contributed by atoms with E-state index in [4.69, 9.17) is 0 Å².